The zero-order valence-electron chi connectivity index (χ0n) is 10.7. The molecule has 1 aliphatic rings. The summed E-state index contributed by atoms with van der Waals surface area (Å²) in [5, 5.41) is 0. The van der Waals surface area contributed by atoms with E-state index in [2.05, 4.69) is 17.6 Å². The van der Waals surface area contributed by atoms with Gasteiger partial charge in [-0.15, -0.1) is 0 Å². The molecule has 0 saturated carbocycles. The second kappa shape index (κ2) is 5.87. The maximum absolute atomic E-state index is 11.6. The molecule has 0 saturated heterocycles. The van der Waals surface area contributed by atoms with Crippen LogP contribution in [-0.4, -0.2) is 12.0 Å². The SMILES string of the molecule is CCCC(Oc1ccc2c(c1)CCC2)C(=O)NN. The molecule has 1 aromatic carbocycles. The molecule has 0 fully saturated rings. The van der Waals surface area contributed by atoms with Gasteiger partial charge in [-0.3, -0.25) is 10.2 Å². The molecule has 0 aromatic heterocycles. The molecule has 1 amide bonds. The number of ether oxygens (including phenoxy) is 1. The summed E-state index contributed by atoms with van der Waals surface area (Å²) in [5.41, 5.74) is 4.90. The van der Waals surface area contributed by atoms with Crippen molar-refractivity contribution in [2.24, 2.45) is 5.84 Å². The first-order valence-corrected chi connectivity index (χ1v) is 6.53. The minimum atomic E-state index is -0.501. The fraction of sp³-hybridized carbons (Fsp3) is 0.500. The van der Waals surface area contributed by atoms with E-state index >= 15 is 0 Å². The molecular formula is C14H20N2O2. The monoisotopic (exact) mass is 248 g/mol. The predicted octanol–water partition coefficient (Wildman–Crippen LogP) is 1.71. The fourth-order valence-corrected chi connectivity index (χ4v) is 2.38. The number of fused-ring (bicyclic) bond motifs is 1. The Morgan fingerprint density at radius 2 is 2.22 bits per heavy atom. The number of benzene rings is 1. The maximum Gasteiger partial charge on any atom is 0.274 e. The molecule has 4 heteroatoms. The lowest BCUT2D eigenvalue weighted by molar-refractivity contribution is -0.128. The third kappa shape index (κ3) is 2.82. The quantitative estimate of drug-likeness (QED) is 0.473. The van der Waals surface area contributed by atoms with E-state index in [-0.39, 0.29) is 5.91 Å². The second-order valence-electron chi connectivity index (χ2n) is 4.69. The average Bonchev–Trinajstić information content (AvgIpc) is 2.84. The van der Waals surface area contributed by atoms with Gasteiger partial charge in [0.1, 0.15) is 5.75 Å². The van der Waals surface area contributed by atoms with E-state index in [0.29, 0.717) is 6.42 Å². The van der Waals surface area contributed by atoms with Gasteiger partial charge in [-0.25, -0.2) is 5.84 Å². The highest BCUT2D eigenvalue weighted by atomic mass is 16.5. The molecule has 3 N–H and O–H groups in total. The Kier molecular flexibility index (Phi) is 4.20. The van der Waals surface area contributed by atoms with Crippen molar-refractivity contribution in [3.05, 3.63) is 29.3 Å². The number of nitrogens with one attached hydrogen (secondary N) is 1. The van der Waals surface area contributed by atoms with Gasteiger partial charge in [0, 0.05) is 0 Å². The Morgan fingerprint density at radius 3 is 2.94 bits per heavy atom. The van der Waals surface area contributed by atoms with E-state index in [4.69, 9.17) is 10.6 Å². The van der Waals surface area contributed by atoms with E-state index in [9.17, 15) is 4.79 Å². The van der Waals surface area contributed by atoms with E-state index in [0.717, 1.165) is 25.0 Å². The molecule has 1 unspecified atom stereocenters. The van der Waals surface area contributed by atoms with Crippen LogP contribution in [0.3, 0.4) is 0 Å². The van der Waals surface area contributed by atoms with Crippen molar-refractivity contribution in [3.8, 4) is 5.75 Å². The van der Waals surface area contributed by atoms with Crippen LogP contribution >= 0.6 is 0 Å². The van der Waals surface area contributed by atoms with Gasteiger partial charge in [0.15, 0.2) is 6.10 Å². The second-order valence-corrected chi connectivity index (χ2v) is 4.69. The predicted molar refractivity (Wildman–Crippen MR) is 70.1 cm³/mol. The first-order valence-electron chi connectivity index (χ1n) is 6.53. The van der Waals surface area contributed by atoms with Gasteiger partial charge >= 0.3 is 0 Å². The van der Waals surface area contributed by atoms with Gasteiger partial charge in [-0.1, -0.05) is 19.4 Å². The number of carbonyl (C=O) groups is 1. The van der Waals surface area contributed by atoms with Crippen LogP contribution in [0, 0.1) is 0 Å². The number of rotatable bonds is 5. The van der Waals surface area contributed by atoms with Crippen LogP contribution in [-0.2, 0) is 17.6 Å². The molecule has 0 radical (unpaired) electrons. The average molecular weight is 248 g/mol. The largest absolute Gasteiger partial charge is 0.481 e. The zero-order valence-corrected chi connectivity index (χ0v) is 10.7. The summed E-state index contributed by atoms with van der Waals surface area (Å²) >= 11 is 0. The van der Waals surface area contributed by atoms with Crippen molar-refractivity contribution >= 4 is 5.91 Å². The minimum absolute atomic E-state index is 0.266. The van der Waals surface area contributed by atoms with Crippen LogP contribution in [0.5, 0.6) is 5.75 Å². The molecule has 2 rings (SSSR count). The van der Waals surface area contributed by atoms with Gasteiger partial charge in [0.25, 0.3) is 5.91 Å². The number of amides is 1. The fourth-order valence-electron chi connectivity index (χ4n) is 2.38. The first-order chi connectivity index (χ1) is 8.74. The van der Waals surface area contributed by atoms with Crippen LogP contribution in [0.25, 0.3) is 0 Å². The summed E-state index contributed by atoms with van der Waals surface area (Å²) in [6, 6.07) is 6.09. The highest BCUT2D eigenvalue weighted by molar-refractivity contribution is 5.80. The normalized spacial score (nSPS) is 15.0. The van der Waals surface area contributed by atoms with Crippen LogP contribution in [0.4, 0.5) is 0 Å². The summed E-state index contributed by atoms with van der Waals surface area (Å²) in [6.07, 6.45) is 4.51. The van der Waals surface area contributed by atoms with Crippen molar-refractivity contribution < 1.29 is 9.53 Å². The van der Waals surface area contributed by atoms with Crippen LogP contribution in [0.1, 0.15) is 37.3 Å². The lowest BCUT2D eigenvalue weighted by Gasteiger charge is -2.17. The van der Waals surface area contributed by atoms with Gasteiger partial charge < -0.3 is 4.74 Å². The third-order valence-corrected chi connectivity index (χ3v) is 3.33. The zero-order chi connectivity index (χ0) is 13.0. The molecule has 0 heterocycles. The van der Waals surface area contributed by atoms with Crippen molar-refractivity contribution in [2.45, 2.75) is 45.1 Å². The summed E-state index contributed by atoms with van der Waals surface area (Å²) in [4.78, 5) is 11.6. The van der Waals surface area contributed by atoms with Gasteiger partial charge in [0.05, 0.1) is 0 Å². The molecular weight excluding hydrogens is 228 g/mol. The van der Waals surface area contributed by atoms with Crippen LogP contribution in [0.15, 0.2) is 18.2 Å². The molecule has 98 valence electrons. The highest BCUT2D eigenvalue weighted by Crippen LogP contribution is 2.26. The molecule has 1 aliphatic carbocycles. The first kappa shape index (κ1) is 12.9. The van der Waals surface area contributed by atoms with E-state index < -0.39 is 6.10 Å². The van der Waals surface area contributed by atoms with E-state index in [1.54, 1.807) is 0 Å². The Bertz CT molecular complexity index is 432. The number of aryl methyl sites for hydroxylation is 2. The number of hydrogen-bond acceptors (Lipinski definition) is 3. The van der Waals surface area contributed by atoms with Crippen molar-refractivity contribution in [1.29, 1.82) is 0 Å². The lowest BCUT2D eigenvalue weighted by atomic mass is 10.1. The maximum atomic E-state index is 11.6. The molecule has 1 atom stereocenters. The molecule has 1 aromatic rings. The molecule has 4 nitrogen and oxygen atoms in total. The Hall–Kier alpha value is -1.55. The topological polar surface area (TPSA) is 64.3 Å². The van der Waals surface area contributed by atoms with Crippen LogP contribution in [0.2, 0.25) is 0 Å². The third-order valence-electron chi connectivity index (χ3n) is 3.33. The van der Waals surface area contributed by atoms with E-state index in [1.807, 2.05) is 13.0 Å². The summed E-state index contributed by atoms with van der Waals surface area (Å²) in [7, 11) is 0. The number of hydrazine groups is 1. The van der Waals surface area contributed by atoms with Crippen molar-refractivity contribution in [2.75, 3.05) is 0 Å². The summed E-state index contributed by atoms with van der Waals surface area (Å²) in [6.45, 7) is 2.02. The van der Waals surface area contributed by atoms with E-state index in [1.165, 1.54) is 17.5 Å². The highest BCUT2D eigenvalue weighted by Gasteiger charge is 2.19. The lowest BCUT2D eigenvalue weighted by Crippen LogP contribution is -2.42. The summed E-state index contributed by atoms with van der Waals surface area (Å²) < 4.78 is 5.74. The molecule has 18 heavy (non-hydrogen) atoms. The van der Waals surface area contributed by atoms with Gasteiger partial charge in [-0.2, -0.15) is 0 Å². The molecule has 0 aliphatic heterocycles. The number of carbonyl (C=O) groups excluding carboxylic acids is 1. The Balaban J connectivity index is 2.09. The Morgan fingerprint density at radius 1 is 1.44 bits per heavy atom. The molecule has 0 bridgehead atoms. The number of hydrogen-bond donors (Lipinski definition) is 2. The smallest absolute Gasteiger partial charge is 0.274 e. The Labute approximate surface area is 107 Å². The van der Waals surface area contributed by atoms with Crippen LogP contribution < -0.4 is 16.0 Å². The summed E-state index contributed by atoms with van der Waals surface area (Å²) in [5.74, 6) is 5.66. The van der Waals surface area contributed by atoms with Crippen molar-refractivity contribution in [1.82, 2.24) is 5.43 Å². The molecule has 0 spiro atoms. The van der Waals surface area contributed by atoms with Crippen molar-refractivity contribution in [3.63, 3.8) is 0 Å². The van der Waals surface area contributed by atoms with Gasteiger partial charge in [0.2, 0.25) is 0 Å². The standard InChI is InChI=1S/C14H20N2O2/c1-2-4-13(14(17)16-15)18-12-8-7-10-5-3-6-11(10)9-12/h7-9,13H,2-6,15H2,1H3,(H,16,17). The number of nitrogens with two attached hydrogens (primary N) is 1. The van der Waals surface area contributed by atoms with Gasteiger partial charge in [-0.05, 0) is 48.9 Å². The minimum Gasteiger partial charge on any atom is -0.481 e.